The minimum atomic E-state index is -4.94. The Morgan fingerprint density at radius 1 is 1.08 bits per heavy atom. The number of rotatable bonds is 6. The molecule has 0 saturated carbocycles. The molecule has 0 unspecified atom stereocenters. The molecule has 0 N–H and O–H groups in total. The minimum absolute atomic E-state index is 0.00746. The molecule has 16 heteroatoms. The number of benzene rings is 2. The van der Waals surface area contributed by atoms with Gasteiger partial charge in [0.2, 0.25) is 12.3 Å². The van der Waals surface area contributed by atoms with Gasteiger partial charge in [-0.25, -0.2) is 4.39 Å². The third kappa shape index (κ3) is 9.02. The van der Waals surface area contributed by atoms with E-state index in [4.69, 9.17) is 0 Å². The van der Waals surface area contributed by atoms with E-state index in [9.17, 15) is 39.7 Å². The van der Waals surface area contributed by atoms with E-state index >= 15 is 0 Å². The summed E-state index contributed by atoms with van der Waals surface area (Å²) in [4.78, 5) is 14.5. The lowest BCUT2D eigenvalue weighted by molar-refractivity contribution is -0.274. The monoisotopic (exact) mass is 582 g/mol. The average Bonchev–Trinajstić information content (AvgIpc) is 3.36. The first kappa shape index (κ1) is 30.0. The fraction of sp³-hybridized carbons (Fsp3) is 0.348. The first-order valence-electron chi connectivity index (χ1n) is 11.1. The largest absolute Gasteiger partial charge is 0.573 e. The summed E-state index contributed by atoms with van der Waals surface area (Å²) in [6.45, 7) is 1.63. The van der Waals surface area contributed by atoms with Crippen LogP contribution in [0.5, 0.6) is 5.75 Å². The molecule has 212 valence electrons. The van der Waals surface area contributed by atoms with Gasteiger partial charge in [-0.05, 0) is 31.3 Å². The second kappa shape index (κ2) is 12.5. The second-order valence-corrected chi connectivity index (χ2v) is 9.84. The predicted octanol–water partition coefficient (Wildman–Crippen LogP) is 4.64. The number of alkyl halides is 6. The summed E-state index contributed by atoms with van der Waals surface area (Å²) < 4.78 is 108. The summed E-state index contributed by atoms with van der Waals surface area (Å²) in [7, 11) is 1.56. The molecule has 2 aromatic carbocycles. The summed E-state index contributed by atoms with van der Waals surface area (Å²) in [6, 6.07) is 7.66. The lowest BCUT2D eigenvalue weighted by atomic mass is 10.1. The summed E-state index contributed by atoms with van der Waals surface area (Å²) >= 11 is 0. The highest BCUT2D eigenvalue weighted by molar-refractivity contribution is 7.85. The van der Waals surface area contributed by atoms with Crippen molar-refractivity contribution in [2.45, 2.75) is 19.1 Å². The zero-order valence-corrected chi connectivity index (χ0v) is 20.9. The number of carbonyl (C=O) groups excluding carboxylic acids is 1. The Morgan fingerprint density at radius 2 is 1.77 bits per heavy atom. The summed E-state index contributed by atoms with van der Waals surface area (Å²) in [6.07, 6.45) is -9.53. The Kier molecular flexibility index (Phi) is 9.66. The van der Waals surface area contributed by atoms with Crippen molar-refractivity contribution in [1.82, 2.24) is 15.1 Å². The van der Waals surface area contributed by atoms with E-state index in [0.29, 0.717) is 0 Å². The van der Waals surface area contributed by atoms with Crippen LogP contribution in [-0.4, -0.2) is 63.7 Å². The van der Waals surface area contributed by atoms with E-state index in [-0.39, 0.29) is 29.8 Å². The maximum atomic E-state index is 14.5. The molecule has 0 spiro atoms. The van der Waals surface area contributed by atoms with Crippen molar-refractivity contribution in [3.8, 4) is 17.2 Å². The molecule has 1 aliphatic heterocycles. The number of carbonyl (C=O) groups is 1. The van der Waals surface area contributed by atoms with Crippen molar-refractivity contribution in [2.75, 3.05) is 36.5 Å². The van der Waals surface area contributed by atoms with Gasteiger partial charge in [-0.3, -0.25) is 9.00 Å². The molecule has 0 bridgehead atoms. The van der Waals surface area contributed by atoms with Crippen LogP contribution in [0.4, 0.5) is 36.4 Å². The van der Waals surface area contributed by atoms with Crippen molar-refractivity contribution < 1.29 is 48.9 Å². The van der Waals surface area contributed by atoms with Gasteiger partial charge in [0.1, 0.15) is 11.6 Å². The number of amides is 1. The third-order valence-electron chi connectivity index (χ3n) is 5.22. The van der Waals surface area contributed by atoms with E-state index in [1.165, 1.54) is 18.2 Å². The molecule has 2 heterocycles. The topological polar surface area (TPSA) is 88.8 Å². The quantitative estimate of drug-likeness (QED) is 0.309. The summed E-state index contributed by atoms with van der Waals surface area (Å²) in [5, 5.41) is 6.05. The van der Waals surface area contributed by atoms with E-state index in [1.54, 1.807) is 0 Å². The molecule has 1 saturated heterocycles. The number of aromatic nitrogens is 2. The number of halogens is 7. The zero-order chi connectivity index (χ0) is 28.8. The fourth-order valence-corrected chi connectivity index (χ4v) is 4.46. The van der Waals surface area contributed by atoms with Crippen molar-refractivity contribution in [2.24, 2.45) is 0 Å². The van der Waals surface area contributed by atoms with E-state index < -0.39 is 46.7 Å². The molecule has 0 atom stereocenters. The maximum absolute atomic E-state index is 14.5. The molecule has 1 aliphatic rings. The standard InChI is InChI=1S/C18H10F7N3O3.C5H11NOS/c19-14-6-10(15-26-27-16(30-15)17(20,21)22)4-5-11(14)8-28(9-29)12-2-1-3-13(7-12)31-18(23,24)25;1-6-2-4-8(7)5-3-6/h1-7,9H,8H2;2-5H2,1H3. The van der Waals surface area contributed by atoms with Crippen LogP contribution in [-0.2, 0) is 28.3 Å². The lowest BCUT2D eigenvalue weighted by Crippen LogP contribution is -2.34. The molecule has 4 rings (SSSR count). The van der Waals surface area contributed by atoms with Crippen molar-refractivity contribution in [1.29, 1.82) is 0 Å². The van der Waals surface area contributed by atoms with Gasteiger partial charge in [-0.1, -0.05) is 12.1 Å². The molecular weight excluding hydrogens is 561 g/mol. The Balaban J connectivity index is 0.000000449. The molecule has 1 aromatic heterocycles. The van der Waals surface area contributed by atoms with Gasteiger partial charge >= 0.3 is 18.4 Å². The Bertz CT molecular complexity index is 1290. The van der Waals surface area contributed by atoms with E-state index in [0.717, 1.165) is 53.8 Å². The maximum Gasteiger partial charge on any atom is 0.573 e. The minimum Gasteiger partial charge on any atom is -0.413 e. The number of hydrogen-bond donors (Lipinski definition) is 0. The highest BCUT2D eigenvalue weighted by atomic mass is 32.2. The highest BCUT2D eigenvalue weighted by Crippen LogP contribution is 2.31. The number of hydrogen-bond acceptors (Lipinski definition) is 7. The number of ether oxygens (including phenoxy) is 1. The normalized spacial score (nSPS) is 14.9. The van der Waals surface area contributed by atoms with E-state index in [1.807, 2.05) is 0 Å². The molecule has 0 aliphatic carbocycles. The highest BCUT2D eigenvalue weighted by Gasteiger charge is 2.38. The first-order chi connectivity index (χ1) is 18.2. The van der Waals surface area contributed by atoms with Gasteiger partial charge in [0.25, 0.3) is 0 Å². The Labute approximate surface area is 219 Å². The van der Waals surface area contributed by atoms with Crippen LogP contribution in [0.3, 0.4) is 0 Å². The van der Waals surface area contributed by atoms with Gasteiger partial charge in [-0.15, -0.1) is 23.4 Å². The number of nitrogens with zero attached hydrogens (tertiary/aromatic N) is 4. The second-order valence-electron chi connectivity index (χ2n) is 8.15. The third-order valence-corrected chi connectivity index (χ3v) is 6.50. The number of anilines is 1. The fourth-order valence-electron chi connectivity index (χ4n) is 3.22. The van der Waals surface area contributed by atoms with Crippen LogP contribution >= 0.6 is 0 Å². The lowest BCUT2D eigenvalue weighted by Gasteiger charge is -2.20. The smallest absolute Gasteiger partial charge is 0.413 e. The molecule has 1 amide bonds. The van der Waals surface area contributed by atoms with Crippen LogP contribution in [0.25, 0.3) is 11.5 Å². The van der Waals surface area contributed by atoms with Crippen LogP contribution in [0, 0.1) is 5.82 Å². The van der Waals surface area contributed by atoms with Crippen LogP contribution < -0.4 is 9.64 Å². The van der Waals surface area contributed by atoms with Crippen LogP contribution in [0.1, 0.15) is 11.5 Å². The van der Waals surface area contributed by atoms with Gasteiger partial charge in [0.05, 0.1) is 6.54 Å². The summed E-state index contributed by atoms with van der Waals surface area (Å²) in [5.74, 6) is -1.92. The molecule has 3 aromatic rings. The Morgan fingerprint density at radius 3 is 2.31 bits per heavy atom. The van der Waals surface area contributed by atoms with E-state index in [2.05, 4.69) is 31.3 Å². The molecular formula is C23H21F7N4O4S. The van der Waals surface area contributed by atoms with Crippen molar-refractivity contribution in [3.63, 3.8) is 0 Å². The molecule has 1 fully saturated rings. The Hall–Kier alpha value is -3.53. The molecule has 39 heavy (non-hydrogen) atoms. The first-order valence-corrected chi connectivity index (χ1v) is 12.5. The average molecular weight is 582 g/mol. The predicted molar refractivity (Wildman–Crippen MR) is 125 cm³/mol. The van der Waals surface area contributed by atoms with Gasteiger partial charge in [0.15, 0.2) is 0 Å². The molecule has 8 nitrogen and oxygen atoms in total. The SMILES string of the molecule is CN1CCS(=O)CC1.O=CN(Cc1ccc(-c2nnc(C(F)(F)F)o2)cc1F)c1cccc(OC(F)(F)F)c1. The van der Waals surface area contributed by atoms with Gasteiger partial charge in [-0.2, -0.15) is 13.2 Å². The van der Waals surface area contributed by atoms with Crippen LogP contribution in [0.15, 0.2) is 46.9 Å². The summed E-state index contributed by atoms with van der Waals surface area (Å²) in [5.41, 5.74) is -0.219. The zero-order valence-electron chi connectivity index (χ0n) is 20.1. The van der Waals surface area contributed by atoms with Crippen LogP contribution in [0.2, 0.25) is 0 Å². The van der Waals surface area contributed by atoms with Crippen molar-refractivity contribution >= 4 is 22.9 Å². The van der Waals surface area contributed by atoms with Gasteiger partial charge in [0, 0.05) is 58.3 Å². The van der Waals surface area contributed by atoms with Crippen molar-refractivity contribution in [3.05, 3.63) is 59.7 Å². The van der Waals surface area contributed by atoms with Gasteiger partial charge < -0.3 is 19.0 Å². The molecule has 0 radical (unpaired) electrons.